The van der Waals surface area contributed by atoms with Gasteiger partial charge in [-0.05, 0) is 32.8 Å². The van der Waals surface area contributed by atoms with Crippen LogP contribution in [0.4, 0.5) is 11.6 Å². The highest BCUT2D eigenvalue weighted by Crippen LogP contribution is 2.33. The van der Waals surface area contributed by atoms with E-state index < -0.39 is 9.73 Å². The van der Waals surface area contributed by atoms with Crippen molar-refractivity contribution in [2.75, 3.05) is 38.0 Å². The van der Waals surface area contributed by atoms with Crippen LogP contribution in [0.15, 0.2) is 22.6 Å². The number of pyridine rings is 1. The summed E-state index contributed by atoms with van der Waals surface area (Å²) in [5.41, 5.74) is 1.60. The minimum atomic E-state index is -2.32. The minimum absolute atomic E-state index is 0.162. The van der Waals surface area contributed by atoms with E-state index in [1.165, 1.54) is 0 Å². The smallest absolute Gasteiger partial charge is 0.213 e. The first-order valence-corrected chi connectivity index (χ1v) is 11.8. The molecular weight excluding hydrogens is 390 g/mol. The summed E-state index contributed by atoms with van der Waals surface area (Å²) in [6.07, 6.45) is 3.65. The number of aryl methyl sites for hydroxylation is 1. The van der Waals surface area contributed by atoms with Gasteiger partial charge < -0.3 is 14.4 Å². The van der Waals surface area contributed by atoms with Crippen molar-refractivity contribution in [3.63, 3.8) is 0 Å². The molecule has 156 valence electrons. The summed E-state index contributed by atoms with van der Waals surface area (Å²) < 4.78 is 28.4. The van der Waals surface area contributed by atoms with Gasteiger partial charge in [-0.1, -0.05) is 0 Å². The van der Waals surface area contributed by atoms with E-state index >= 15 is 0 Å². The number of morpholine rings is 1. The molecule has 0 spiro atoms. The number of methoxy groups -OCH3 is 1. The molecule has 2 aromatic heterocycles. The Balaban J connectivity index is 1.84. The van der Waals surface area contributed by atoms with Gasteiger partial charge in [0.25, 0.3) is 0 Å². The van der Waals surface area contributed by atoms with Crippen LogP contribution in [0, 0.1) is 6.92 Å². The van der Waals surface area contributed by atoms with Gasteiger partial charge in [-0.25, -0.2) is 19.2 Å². The van der Waals surface area contributed by atoms with Crippen LogP contribution >= 0.6 is 0 Å². The Morgan fingerprint density at radius 2 is 2.03 bits per heavy atom. The van der Waals surface area contributed by atoms with Gasteiger partial charge in [-0.2, -0.15) is 4.36 Å². The molecule has 1 saturated carbocycles. The molecule has 2 aliphatic rings. The molecule has 2 atom stereocenters. The Labute approximate surface area is 171 Å². The van der Waals surface area contributed by atoms with Crippen LogP contribution < -0.4 is 9.64 Å². The molecule has 1 aliphatic carbocycles. The number of anilines is 1. The van der Waals surface area contributed by atoms with E-state index in [0.29, 0.717) is 30.7 Å². The maximum atomic E-state index is 13.0. The summed E-state index contributed by atoms with van der Waals surface area (Å²) >= 11 is 0. The van der Waals surface area contributed by atoms with E-state index in [1.807, 2.05) is 25.1 Å². The molecule has 4 rings (SSSR count). The van der Waals surface area contributed by atoms with Crippen molar-refractivity contribution in [3.05, 3.63) is 23.9 Å². The molecule has 0 aromatic carbocycles. The third-order valence-corrected chi connectivity index (χ3v) is 7.43. The Morgan fingerprint density at radius 1 is 1.24 bits per heavy atom. The molecule has 2 fully saturated rings. The second-order valence-electron chi connectivity index (χ2n) is 7.72. The monoisotopic (exact) mass is 417 g/mol. The summed E-state index contributed by atoms with van der Waals surface area (Å²) in [6, 6.07) is 5.74. The van der Waals surface area contributed by atoms with E-state index in [-0.39, 0.29) is 11.3 Å². The Kier molecular flexibility index (Phi) is 5.44. The maximum absolute atomic E-state index is 13.0. The lowest BCUT2D eigenvalue weighted by molar-refractivity contribution is 0.0985. The quantitative estimate of drug-likeness (QED) is 0.739. The van der Waals surface area contributed by atoms with Gasteiger partial charge >= 0.3 is 0 Å². The van der Waals surface area contributed by atoms with Crippen molar-refractivity contribution in [2.45, 2.75) is 38.0 Å². The average Bonchev–Trinajstić information content (AvgIpc) is 3.53. The Morgan fingerprint density at radius 3 is 2.72 bits per heavy atom. The van der Waals surface area contributed by atoms with Crippen LogP contribution in [0.25, 0.3) is 11.4 Å². The van der Waals surface area contributed by atoms with Gasteiger partial charge in [0.15, 0.2) is 11.6 Å². The predicted molar refractivity (Wildman–Crippen MR) is 113 cm³/mol. The molecule has 0 unspecified atom stereocenters. The zero-order valence-electron chi connectivity index (χ0n) is 17.3. The Bertz CT molecular complexity index is 1030. The number of rotatable bonds is 5. The second kappa shape index (κ2) is 7.87. The normalized spacial score (nSPS) is 21.5. The van der Waals surface area contributed by atoms with E-state index in [1.54, 1.807) is 13.4 Å². The number of hydrogen-bond acceptors (Lipinski definition) is 8. The second-order valence-corrected chi connectivity index (χ2v) is 10.3. The van der Waals surface area contributed by atoms with E-state index in [0.717, 1.165) is 36.5 Å². The molecule has 0 radical (unpaired) electrons. The van der Waals surface area contributed by atoms with Crippen LogP contribution in [-0.2, 0) is 14.5 Å². The third kappa shape index (κ3) is 4.51. The van der Waals surface area contributed by atoms with Crippen molar-refractivity contribution in [1.82, 2.24) is 15.0 Å². The van der Waals surface area contributed by atoms with E-state index in [2.05, 4.69) is 26.2 Å². The highest BCUT2D eigenvalue weighted by atomic mass is 32.2. The fraction of sp³-hybridized carbons (Fsp3) is 0.550. The van der Waals surface area contributed by atoms with Gasteiger partial charge in [-0.15, -0.1) is 0 Å². The molecular formula is C20H27N5O3S. The van der Waals surface area contributed by atoms with Crippen molar-refractivity contribution in [2.24, 2.45) is 4.36 Å². The summed E-state index contributed by atoms with van der Waals surface area (Å²) in [5, 5.41) is 0.162. The molecule has 29 heavy (non-hydrogen) atoms. The molecule has 8 nitrogen and oxygen atoms in total. The summed E-state index contributed by atoms with van der Waals surface area (Å²) in [6.45, 7) is 6.02. The fourth-order valence-electron chi connectivity index (χ4n) is 3.45. The first-order chi connectivity index (χ1) is 13.9. The van der Waals surface area contributed by atoms with Gasteiger partial charge in [0, 0.05) is 41.4 Å². The van der Waals surface area contributed by atoms with Crippen LogP contribution in [-0.4, -0.2) is 63.6 Å². The molecule has 0 amide bonds. The van der Waals surface area contributed by atoms with Crippen LogP contribution in [0.3, 0.4) is 0 Å². The van der Waals surface area contributed by atoms with Gasteiger partial charge in [-0.3, -0.25) is 0 Å². The summed E-state index contributed by atoms with van der Waals surface area (Å²) in [7, 11) is -0.732. The molecule has 1 saturated heterocycles. The molecule has 1 aliphatic heterocycles. The fourth-order valence-corrected chi connectivity index (χ4v) is 5.07. The molecule has 0 bridgehead atoms. The van der Waals surface area contributed by atoms with E-state index in [4.69, 9.17) is 14.5 Å². The number of aromatic nitrogens is 3. The number of ether oxygens (including phenoxy) is 2. The Hall–Kier alpha value is -2.26. The van der Waals surface area contributed by atoms with Crippen LogP contribution in [0.1, 0.15) is 25.5 Å². The SMILES string of the molecule is COc1cc(-c2nc(N=[S@@](C)(=O)C3CC3)cc(N3CCOC[C@H]3C)n2)cc(C)n1. The minimum Gasteiger partial charge on any atom is -0.481 e. The molecule has 9 heteroatoms. The van der Waals surface area contributed by atoms with Crippen LogP contribution in [0.5, 0.6) is 5.88 Å². The van der Waals surface area contributed by atoms with Crippen molar-refractivity contribution in [1.29, 1.82) is 0 Å². The van der Waals surface area contributed by atoms with Gasteiger partial charge in [0.1, 0.15) is 5.82 Å². The lowest BCUT2D eigenvalue weighted by Gasteiger charge is -2.34. The lowest BCUT2D eigenvalue weighted by Crippen LogP contribution is -2.44. The zero-order valence-corrected chi connectivity index (χ0v) is 18.1. The first kappa shape index (κ1) is 20.0. The highest BCUT2D eigenvalue weighted by Gasteiger charge is 2.31. The number of hydrogen-bond donors (Lipinski definition) is 0. The summed E-state index contributed by atoms with van der Waals surface area (Å²) in [4.78, 5) is 16.0. The highest BCUT2D eigenvalue weighted by molar-refractivity contribution is 7.93. The predicted octanol–water partition coefficient (Wildman–Crippen LogP) is 2.97. The first-order valence-electron chi connectivity index (χ1n) is 9.83. The largest absolute Gasteiger partial charge is 0.481 e. The zero-order chi connectivity index (χ0) is 20.6. The summed E-state index contributed by atoms with van der Waals surface area (Å²) in [5.74, 6) is 2.25. The maximum Gasteiger partial charge on any atom is 0.213 e. The third-order valence-electron chi connectivity index (χ3n) is 5.18. The molecule has 0 N–H and O–H groups in total. The topological polar surface area (TPSA) is 89.8 Å². The van der Waals surface area contributed by atoms with Crippen LogP contribution in [0.2, 0.25) is 0 Å². The molecule has 3 heterocycles. The lowest BCUT2D eigenvalue weighted by atomic mass is 10.2. The number of nitrogens with zero attached hydrogens (tertiary/aromatic N) is 5. The van der Waals surface area contributed by atoms with Gasteiger partial charge in [0.05, 0.1) is 36.1 Å². The van der Waals surface area contributed by atoms with Crippen molar-refractivity contribution in [3.8, 4) is 17.3 Å². The van der Waals surface area contributed by atoms with Gasteiger partial charge in [0.2, 0.25) is 5.88 Å². The average molecular weight is 418 g/mol. The van der Waals surface area contributed by atoms with Crippen molar-refractivity contribution >= 4 is 21.4 Å². The van der Waals surface area contributed by atoms with Crippen molar-refractivity contribution < 1.29 is 13.7 Å². The van der Waals surface area contributed by atoms with E-state index in [9.17, 15) is 4.21 Å². The molecule has 2 aromatic rings. The standard InChI is InChI=1S/C20H27N5O3S/c1-13-9-15(10-19(21-13)27-3)20-22-17(24-29(4,26)16-5-6-16)11-18(23-20)25-7-8-28-12-14(25)2/h9-11,14,16H,5-8,12H2,1-4H3/t14-,29+/m1/s1.